The van der Waals surface area contributed by atoms with Crippen LogP contribution in [0, 0.1) is 11.3 Å². The molecule has 0 fully saturated rings. The molecule has 20 heavy (non-hydrogen) atoms. The van der Waals surface area contributed by atoms with Crippen molar-refractivity contribution in [3.8, 4) is 6.07 Å². The Kier molecular flexibility index (Phi) is 4.16. The molecule has 2 aromatic rings. The molecule has 0 aliphatic rings. The van der Waals surface area contributed by atoms with Gasteiger partial charge in [-0.2, -0.15) is 10.4 Å². The fourth-order valence-corrected chi connectivity index (χ4v) is 2.21. The molecule has 2 rings (SSSR count). The number of aromatic nitrogens is 2. The monoisotopic (exact) mass is 289 g/mol. The van der Waals surface area contributed by atoms with Gasteiger partial charge in [-0.1, -0.05) is 24.9 Å². The van der Waals surface area contributed by atoms with Crippen LogP contribution in [0.5, 0.6) is 0 Å². The number of anilines is 3. The van der Waals surface area contributed by atoms with Crippen LogP contribution in [0.1, 0.15) is 24.6 Å². The highest BCUT2D eigenvalue weighted by atomic mass is 35.5. The van der Waals surface area contributed by atoms with E-state index in [0.717, 1.165) is 18.5 Å². The minimum atomic E-state index is 0.474. The highest BCUT2D eigenvalue weighted by molar-refractivity contribution is 6.33. The van der Waals surface area contributed by atoms with Gasteiger partial charge in [-0.05, 0) is 24.6 Å². The zero-order chi connectivity index (χ0) is 14.7. The molecule has 1 aromatic heterocycles. The van der Waals surface area contributed by atoms with Crippen LogP contribution in [0.25, 0.3) is 0 Å². The number of halogens is 1. The lowest BCUT2D eigenvalue weighted by atomic mass is 10.2. The Morgan fingerprint density at radius 2 is 2.25 bits per heavy atom. The fourth-order valence-electron chi connectivity index (χ4n) is 1.98. The van der Waals surface area contributed by atoms with Crippen molar-refractivity contribution in [2.75, 3.05) is 11.1 Å². The number of benzene rings is 1. The van der Waals surface area contributed by atoms with Crippen molar-refractivity contribution in [3.63, 3.8) is 0 Å². The molecule has 0 radical (unpaired) electrons. The van der Waals surface area contributed by atoms with Crippen LogP contribution in [-0.4, -0.2) is 9.78 Å². The second kappa shape index (κ2) is 5.85. The zero-order valence-electron chi connectivity index (χ0n) is 11.4. The Labute approximate surface area is 123 Å². The molecule has 0 amide bonds. The van der Waals surface area contributed by atoms with E-state index in [9.17, 15) is 0 Å². The summed E-state index contributed by atoms with van der Waals surface area (Å²) in [7, 11) is 1.83. The van der Waals surface area contributed by atoms with E-state index in [4.69, 9.17) is 22.6 Å². The largest absolute Gasteiger partial charge is 0.394 e. The zero-order valence-corrected chi connectivity index (χ0v) is 12.2. The molecule has 0 saturated carbocycles. The second-order valence-electron chi connectivity index (χ2n) is 4.51. The average molecular weight is 290 g/mol. The van der Waals surface area contributed by atoms with Gasteiger partial charge >= 0.3 is 0 Å². The van der Waals surface area contributed by atoms with Gasteiger partial charge in [0.1, 0.15) is 0 Å². The molecular formula is C14H16ClN5. The Morgan fingerprint density at radius 3 is 2.85 bits per heavy atom. The van der Waals surface area contributed by atoms with Gasteiger partial charge in [-0.15, -0.1) is 0 Å². The SMILES string of the molecule is CCCc1nn(C)c(Nc2ccc(C#N)cc2Cl)c1N. The van der Waals surface area contributed by atoms with Gasteiger partial charge < -0.3 is 11.1 Å². The first-order chi connectivity index (χ1) is 9.56. The third kappa shape index (κ3) is 2.70. The van der Waals surface area contributed by atoms with Crippen molar-refractivity contribution in [1.82, 2.24) is 9.78 Å². The summed E-state index contributed by atoms with van der Waals surface area (Å²) >= 11 is 6.15. The number of nitrogens with two attached hydrogens (primary N) is 1. The van der Waals surface area contributed by atoms with Gasteiger partial charge in [0, 0.05) is 7.05 Å². The summed E-state index contributed by atoms with van der Waals surface area (Å²) in [5.41, 5.74) is 8.83. The van der Waals surface area contributed by atoms with Crippen LogP contribution in [0.2, 0.25) is 5.02 Å². The average Bonchev–Trinajstić information content (AvgIpc) is 2.69. The first-order valence-corrected chi connectivity index (χ1v) is 6.72. The molecule has 6 heteroatoms. The fraction of sp³-hybridized carbons (Fsp3) is 0.286. The van der Waals surface area contributed by atoms with Crippen molar-refractivity contribution in [2.24, 2.45) is 7.05 Å². The first-order valence-electron chi connectivity index (χ1n) is 6.34. The summed E-state index contributed by atoms with van der Waals surface area (Å²) in [5.74, 6) is 0.708. The van der Waals surface area contributed by atoms with E-state index >= 15 is 0 Å². The number of aryl methyl sites for hydroxylation is 2. The summed E-state index contributed by atoms with van der Waals surface area (Å²) in [6.45, 7) is 2.08. The molecule has 0 bridgehead atoms. The number of hydrogen-bond donors (Lipinski definition) is 2. The molecule has 0 saturated heterocycles. The normalized spacial score (nSPS) is 10.3. The smallest absolute Gasteiger partial charge is 0.152 e. The summed E-state index contributed by atoms with van der Waals surface area (Å²) < 4.78 is 1.70. The van der Waals surface area contributed by atoms with Gasteiger partial charge in [0.15, 0.2) is 5.82 Å². The maximum Gasteiger partial charge on any atom is 0.152 e. The van der Waals surface area contributed by atoms with E-state index in [2.05, 4.69) is 17.3 Å². The number of rotatable bonds is 4. The number of nitriles is 1. The van der Waals surface area contributed by atoms with Crippen molar-refractivity contribution in [1.29, 1.82) is 5.26 Å². The molecule has 5 nitrogen and oxygen atoms in total. The standard InChI is InChI=1S/C14H16ClN5/c1-3-4-12-13(17)14(20(2)19-12)18-11-6-5-9(8-16)7-10(11)15/h5-7,18H,3-4,17H2,1-2H3. The summed E-state index contributed by atoms with van der Waals surface area (Å²) in [6, 6.07) is 7.12. The van der Waals surface area contributed by atoms with E-state index < -0.39 is 0 Å². The minimum Gasteiger partial charge on any atom is -0.394 e. The maximum atomic E-state index is 8.83. The Hall–Kier alpha value is -2.19. The third-order valence-electron chi connectivity index (χ3n) is 3.00. The summed E-state index contributed by atoms with van der Waals surface area (Å²) in [4.78, 5) is 0. The molecule has 1 aromatic carbocycles. The molecule has 1 heterocycles. The number of nitrogens with zero attached hydrogens (tertiary/aromatic N) is 3. The lowest BCUT2D eigenvalue weighted by Crippen LogP contribution is -2.01. The van der Waals surface area contributed by atoms with Gasteiger partial charge in [-0.3, -0.25) is 4.68 Å². The van der Waals surface area contributed by atoms with Crippen LogP contribution in [-0.2, 0) is 13.5 Å². The molecule has 3 N–H and O–H groups in total. The maximum absolute atomic E-state index is 8.83. The van der Waals surface area contributed by atoms with Gasteiger partial charge in [-0.25, -0.2) is 0 Å². The van der Waals surface area contributed by atoms with Crippen LogP contribution < -0.4 is 11.1 Å². The van der Waals surface area contributed by atoms with Crippen molar-refractivity contribution in [2.45, 2.75) is 19.8 Å². The minimum absolute atomic E-state index is 0.474. The first kappa shape index (κ1) is 14.2. The van der Waals surface area contributed by atoms with Gasteiger partial charge in [0.05, 0.1) is 33.7 Å². The van der Waals surface area contributed by atoms with Crippen molar-refractivity contribution in [3.05, 3.63) is 34.5 Å². The molecule has 0 atom stereocenters. The Balaban J connectivity index is 2.33. The molecular weight excluding hydrogens is 274 g/mol. The summed E-state index contributed by atoms with van der Waals surface area (Å²) in [6.07, 6.45) is 1.82. The lowest BCUT2D eigenvalue weighted by molar-refractivity contribution is 0.740. The van der Waals surface area contributed by atoms with Crippen molar-refractivity contribution >= 4 is 28.8 Å². The number of hydrogen-bond acceptors (Lipinski definition) is 4. The van der Waals surface area contributed by atoms with E-state index in [1.165, 1.54) is 0 Å². The Morgan fingerprint density at radius 1 is 1.50 bits per heavy atom. The number of nitrogens with one attached hydrogen (secondary N) is 1. The van der Waals surface area contributed by atoms with E-state index in [-0.39, 0.29) is 0 Å². The van der Waals surface area contributed by atoms with E-state index in [0.29, 0.717) is 27.8 Å². The highest BCUT2D eigenvalue weighted by Crippen LogP contribution is 2.30. The van der Waals surface area contributed by atoms with Gasteiger partial charge in [0.25, 0.3) is 0 Å². The number of nitrogen functional groups attached to an aromatic ring is 1. The molecule has 0 unspecified atom stereocenters. The Bertz CT molecular complexity index is 669. The second-order valence-corrected chi connectivity index (χ2v) is 4.92. The van der Waals surface area contributed by atoms with Crippen LogP contribution in [0.3, 0.4) is 0 Å². The third-order valence-corrected chi connectivity index (χ3v) is 3.31. The van der Waals surface area contributed by atoms with E-state index in [1.807, 2.05) is 13.1 Å². The van der Waals surface area contributed by atoms with E-state index in [1.54, 1.807) is 22.9 Å². The molecule has 0 spiro atoms. The van der Waals surface area contributed by atoms with Crippen LogP contribution in [0.15, 0.2) is 18.2 Å². The lowest BCUT2D eigenvalue weighted by Gasteiger charge is -2.09. The topological polar surface area (TPSA) is 79.7 Å². The molecule has 104 valence electrons. The summed E-state index contributed by atoms with van der Waals surface area (Å²) in [5, 5.41) is 16.9. The predicted molar refractivity (Wildman–Crippen MR) is 81.1 cm³/mol. The molecule has 0 aliphatic carbocycles. The van der Waals surface area contributed by atoms with Gasteiger partial charge in [0.2, 0.25) is 0 Å². The highest BCUT2D eigenvalue weighted by Gasteiger charge is 2.14. The molecule has 0 aliphatic heterocycles. The predicted octanol–water partition coefficient (Wildman–Crippen LogP) is 3.22. The van der Waals surface area contributed by atoms with Crippen LogP contribution in [0.4, 0.5) is 17.2 Å². The quantitative estimate of drug-likeness (QED) is 0.905. The van der Waals surface area contributed by atoms with Crippen LogP contribution >= 0.6 is 11.6 Å². The van der Waals surface area contributed by atoms with Crippen molar-refractivity contribution < 1.29 is 0 Å².